The molecule has 2 heterocycles. The van der Waals surface area contributed by atoms with Gasteiger partial charge in [0.25, 0.3) is 0 Å². The normalized spacial score (nSPS) is 14.7. The van der Waals surface area contributed by atoms with Crippen LogP contribution < -0.4 is 4.74 Å². The molecule has 0 spiro atoms. The molecule has 2 aromatic carbocycles. The average molecular weight is 423 g/mol. The van der Waals surface area contributed by atoms with E-state index in [2.05, 4.69) is 69.1 Å². The summed E-state index contributed by atoms with van der Waals surface area (Å²) in [6, 6.07) is 18.8. The quantitative estimate of drug-likeness (QED) is 0.366. The Morgan fingerprint density at radius 2 is 1.77 bits per heavy atom. The van der Waals surface area contributed by atoms with E-state index in [-0.39, 0.29) is 0 Å². The van der Waals surface area contributed by atoms with Gasteiger partial charge in [-0.15, -0.1) is 10.2 Å². The first-order valence-corrected chi connectivity index (χ1v) is 11.8. The van der Waals surface area contributed by atoms with Crippen LogP contribution in [-0.2, 0) is 13.1 Å². The largest absolute Gasteiger partial charge is 0.493 e. The zero-order chi connectivity index (χ0) is 20.6. The average Bonchev–Trinajstić information content (AvgIpc) is 3.14. The molecule has 158 valence electrons. The molecule has 0 radical (unpaired) electrons. The molecule has 0 amide bonds. The number of piperidine rings is 1. The molecule has 0 N–H and O–H groups in total. The molecule has 30 heavy (non-hydrogen) atoms. The highest BCUT2D eigenvalue weighted by Gasteiger charge is 2.18. The van der Waals surface area contributed by atoms with E-state index in [9.17, 15) is 0 Å². The van der Waals surface area contributed by atoms with Crippen LogP contribution in [0.1, 0.15) is 36.2 Å². The molecule has 0 aliphatic carbocycles. The zero-order valence-electron chi connectivity index (χ0n) is 17.7. The van der Waals surface area contributed by atoms with E-state index in [0.717, 1.165) is 48.7 Å². The molecule has 3 aromatic rings. The van der Waals surface area contributed by atoms with Crippen molar-refractivity contribution in [1.82, 2.24) is 19.7 Å². The first-order valence-electron chi connectivity index (χ1n) is 10.8. The van der Waals surface area contributed by atoms with Gasteiger partial charge in [-0.05, 0) is 56.1 Å². The molecule has 0 unspecified atom stereocenters. The smallest absolute Gasteiger partial charge is 0.191 e. The number of aromatic nitrogens is 3. The molecular formula is C24H30N4OS. The summed E-state index contributed by atoms with van der Waals surface area (Å²) >= 11 is 1.72. The van der Waals surface area contributed by atoms with Crippen molar-refractivity contribution >= 4 is 11.8 Å². The summed E-state index contributed by atoms with van der Waals surface area (Å²) in [5.41, 5.74) is 2.49. The highest BCUT2D eigenvalue weighted by molar-refractivity contribution is 7.99. The lowest BCUT2D eigenvalue weighted by Gasteiger charge is -2.26. The molecule has 6 heteroatoms. The molecule has 1 aliphatic rings. The minimum absolute atomic E-state index is 0.647. The molecule has 1 saturated heterocycles. The van der Waals surface area contributed by atoms with E-state index >= 15 is 0 Å². The second-order valence-corrected chi connectivity index (χ2v) is 8.88. The highest BCUT2D eigenvalue weighted by atomic mass is 32.2. The predicted molar refractivity (Wildman–Crippen MR) is 122 cm³/mol. The van der Waals surface area contributed by atoms with Gasteiger partial charge in [-0.2, -0.15) is 0 Å². The summed E-state index contributed by atoms with van der Waals surface area (Å²) in [5, 5.41) is 10.1. The minimum Gasteiger partial charge on any atom is -0.493 e. The van der Waals surface area contributed by atoms with E-state index in [0.29, 0.717) is 6.61 Å². The number of nitrogens with zero attached hydrogens (tertiary/aromatic N) is 4. The SMILES string of the molecule is Cc1cccc(OCCSc2nnc(CN3CCCCC3)n2Cc2ccccc2)c1. The van der Waals surface area contributed by atoms with E-state index in [1.165, 1.54) is 30.4 Å². The number of hydrogen-bond donors (Lipinski definition) is 0. The zero-order valence-corrected chi connectivity index (χ0v) is 18.5. The molecule has 5 nitrogen and oxygen atoms in total. The van der Waals surface area contributed by atoms with Gasteiger partial charge < -0.3 is 9.30 Å². The molecule has 1 aromatic heterocycles. The van der Waals surface area contributed by atoms with Crippen LogP contribution in [0.15, 0.2) is 59.8 Å². The molecule has 4 rings (SSSR count). The maximum atomic E-state index is 5.91. The van der Waals surface area contributed by atoms with Crippen LogP contribution in [-0.4, -0.2) is 45.1 Å². The third-order valence-corrected chi connectivity index (χ3v) is 6.29. The molecule has 0 atom stereocenters. The summed E-state index contributed by atoms with van der Waals surface area (Å²) in [4.78, 5) is 2.50. The maximum Gasteiger partial charge on any atom is 0.191 e. The van der Waals surface area contributed by atoms with Crippen LogP contribution in [0, 0.1) is 6.92 Å². The Labute approximate surface area is 183 Å². The van der Waals surface area contributed by atoms with Gasteiger partial charge >= 0.3 is 0 Å². The van der Waals surface area contributed by atoms with Gasteiger partial charge in [0.1, 0.15) is 11.6 Å². The molecule has 0 saturated carbocycles. The second kappa shape index (κ2) is 10.6. The Balaban J connectivity index is 1.41. The standard InChI is InChI=1S/C24H30N4OS/c1-20-9-8-12-22(17-20)29-15-16-30-24-26-25-23(19-27-13-6-3-7-14-27)28(24)18-21-10-4-2-5-11-21/h2,4-5,8-12,17H,3,6-7,13-16,18-19H2,1H3. The van der Waals surface area contributed by atoms with Crippen molar-refractivity contribution in [2.45, 2.75) is 44.4 Å². The Kier molecular flexibility index (Phi) is 7.43. The fourth-order valence-electron chi connectivity index (χ4n) is 3.78. The van der Waals surface area contributed by atoms with Crippen molar-refractivity contribution in [3.8, 4) is 5.75 Å². The number of rotatable bonds is 9. The van der Waals surface area contributed by atoms with Gasteiger partial charge in [-0.1, -0.05) is 60.6 Å². The van der Waals surface area contributed by atoms with Gasteiger partial charge in [0.05, 0.1) is 19.7 Å². The van der Waals surface area contributed by atoms with Gasteiger partial charge in [-0.25, -0.2) is 0 Å². The Bertz CT molecular complexity index is 922. The number of likely N-dealkylation sites (tertiary alicyclic amines) is 1. The van der Waals surface area contributed by atoms with Crippen molar-refractivity contribution < 1.29 is 4.74 Å². The second-order valence-electron chi connectivity index (χ2n) is 7.82. The molecular weight excluding hydrogens is 392 g/mol. The predicted octanol–water partition coefficient (Wildman–Crippen LogP) is 4.79. The van der Waals surface area contributed by atoms with Crippen molar-refractivity contribution in [2.75, 3.05) is 25.4 Å². The van der Waals surface area contributed by atoms with Crippen LogP contribution in [0.5, 0.6) is 5.75 Å². The number of hydrogen-bond acceptors (Lipinski definition) is 5. The van der Waals surface area contributed by atoms with E-state index in [1.807, 2.05) is 12.1 Å². The van der Waals surface area contributed by atoms with Gasteiger partial charge in [0.15, 0.2) is 5.16 Å². The van der Waals surface area contributed by atoms with Crippen LogP contribution in [0.3, 0.4) is 0 Å². The minimum atomic E-state index is 0.647. The summed E-state index contributed by atoms with van der Waals surface area (Å²) < 4.78 is 8.19. The van der Waals surface area contributed by atoms with Crippen LogP contribution in [0.4, 0.5) is 0 Å². The number of ether oxygens (including phenoxy) is 1. The number of aryl methyl sites for hydroxylation is 1. The van der Waals surface area contributed by atoms with E-state index < -0.39 is 0 Å². The van der Waals surface area contributed by atoms with Crippen molar-refractivity contribution in [3.05, 3.63) is 71.5 Å². The monoisotopic (exact) mass is 422 g/mol. The summed E-state index contributed by atoms with van der Waals surface area (Å²) in [6.45, 7) is 6.72. The van der Waals surface area contributed by atoms with Crippen molar-refractivity contribution in [1.29, 1.82) is 0 Å². The van der Waals surface area contributed by atoms with Crippen molar-refractivity contribution in [3.63, 3.8) is 0 Å². The fraction of sp³-hybridized carbons (Fsp3) is 0.417. The molecule has 1 fully saturated rings. The third-order valence-electron chi connectivity index (χ3n) is 5.36. The Hall–Kier alpha value is -2.31. The lowest BCUT2D eigenvalue weighted by atomic mass is 10.1. The molecule has 0 bridgehead atoms. The fourth-order valence-corrected chi connectivity index (χ4v) is 4.56. The molecule has 1 aliphatic heterocycles. The first kappa shape index (κ1) is 20.9. The van der Waals surface area contributed by atoms with E-state index in [4.69, 9.17) is 4.74 Å². The van der Waals surface area contributed by atoms with Crippen LogP contribution in [0.2, 0.25) is 0 Å². The van der Waals surface area contributed by atoms with Crippen LogP contribution >= 0.6 is 11.8 Å². The van der Waals surface area contributed by atoms with Crippen molar-refractivity contribution in [2.24, 2.45) is 0 Å². The van der Waals surface area contributed by atoms with Gasteiger partial charge in [-0.3, -0.25) is 4.90 Å². The summed E-state index contributed by atoms with van der Waals surface area (Å²) in [7, 11) is 0. The Morgan fingerprint density at radius 1 is 0.933 bits per heavy atom. The topological polar surface area (TPSA) is 43.2 Å². The lowest BCUT2D eigenvalue weighted by Crippen LogP contribution is -2.30. The number of thioether (sulfide) groups is 1. The van der Waals surface area contributed by atoms with Gasteiger partial charge in [0.2, 0.25) is 0 Å². The van der Waals surface area contributed by atoms with Gasteiger partial charge in [0, 0.05) is 5.75 Å². The highest BCUT2D eigenvalue weighted by Crippen LogP contribution is 2.21. The maximum absolute atomic E-state index is 5.91. The Morgan fingerprint density at radius 3 is 2.57 bits per heavy atom. The number of benzene rings is 2. The first-order chi connectivity index (χ1) is 14.8. The lowest BCUT2D eigenvalue weighted by molar-refractivity contribution is 0.213. The van der Waals surface area contributed by atoms with E-state index in [1.54, 1.807) is 11.8 Å². The summed E-state index contributed by atoms with van der Waals surface area (Å²) in [6.07, 6.45) is 3.91. The summed E-state index contributed by atoms with van der Waals surface area (Å²) in [5.74, 6) is 2.82. The third kappa shape index (κ3) is 5.86. The van der Waals surface area contributed by atoms with Crippen LogP contribution in [0.25, 0.3) is 0 Å².